The molecule has 0 aliphatic rings. The Morgan fingerprint density at radius 2 is 2.18 bits per heavy atom. The molecule has 1 aromatic rings. The number of aromatic nitrogens is 3. The predicted octanol–water partition coefficient (Wildman–Crippen LogP) is 2.69. The Labute approximate surface area is 113 Å². The van der Waals surface area contributed by atoms with E-state index >= 15 is 0 Å². The highest BCUT2D eigenvalue weighted by atomic mass is 79.9. The zero-order chi connectivity index (χ0) is 12.5. The van der Waals surface area contributed by atoms with Crippen LogP contribution in [0.1, 0.15) is 38.4 Å². The van der Waals surface area contributed by atoms with Gasteiger partial charge in [0.1, 0.15) is 12.2 Å². The average molecular weight is 303 g/mol. The fourth-order valence-electron chi connectivity index (χ4n) is 1.78. The highest BCUT2D eigenvalue weighted by Crippen LogP contribution is 2.04. The van der Waals surface area contributed by atoms with E-state index in [-0.39, 0.29) is 0 Å². The number of rotatable bonds is 9. The number of hydrogen-bond acceptors (Lipinski definition) is 3. The van der Waals surface area contributed by atoms with E-state index in [9.17, 15) is 0 Å². The molecule has 0 saturated heterocycles. The van der Waals surface area contributed by atoms with Gasteiger partial charge in [0.15, 0.2) is 0 Å². The summed E-state index contributed by atoms with van der Waals surface area (Å²) in [5.41, 5.74) is 0. The summed E-state index contributed by atoms with van der Waals surface area (Å²) in [6, 6.07) is 0. The van der Waals surface area contributed by atoms with Crippen molar-refractivity contribution in [2.45, 2.75) is 45.7 Å². The van der Waals surface area contributed by atoms with Gasteiger partial charge >= 0.3 is 0 Å². The van der Waals surface area contributed by atoms with Crippen LogP contribution in [0, 0.1) is 0 Å². The second kappa shape index (κ2) is 8.64. The molecule has 98 valence electrons. The van der Waals surface area contributed by atoms with E-state index in [1.165, 1.54) is 19.3 Å². The molecule has 0 unspecified atom stereocenters. The van der Waals surface area contributed by atoms with Crippen LogP contribution < -0.4 is 0 Å². The van der Waals surface area contributed by atoms with Gasteiger partial charge in [-0.15, -0.1) is 0 Å². The lowest BCUT2D eigenvalue weighted by Crippen LogP contribution is -2.22. The summed E-state index contributed by atoms with van der Waals surface area (Å²) < 4.78 is 2.01. The highest BCUT2D eigenvalue weighted by molar-refractivity contribution is 9.09. The summed E-state index contributed by atoms with van der Waals surface area (Å²) in [6.07, 6.45) is 6.57. The number of hydrogen-bond donors (Lipinski definition) is 0. The molecule has 17 heavy (non-hydrogen) atoms. The first-order valence-electron chi connectivity index (χ1n) is 6.39. The fraction of sp³-hybridized carbons (Fsp3) is 0.833. The molecule has 0 aromatic carbocycles. The zero-order valence-corrected chi connectivity index (χ0v) is 12.5. The molecule has 0 aliphatic heterocycles. The number of nitrogens with zero attached hydrogens (tertiary/aromatic N) is 4. The van der Waals surface area contributed by atoms with Gasteiger partial charge in [-0.3, -0.25) is 4.90 Å². The third-order valence-corrected chi connectivity index (χ3v) is 3.28. The van der Waals surface area contributed by atoms with Crippen molar-refractivity contribution in [1.29, 1.82) is 0 Å². The second-order valence-corrected chi connectivity index (χ2v) is 5.18. The van der Waals surface area contributed by atoms with Gasteiger partial charge in [-0.1, -0.05) is 29.3 Å². The molecular formula is C12H23BrN4. The van der Waals surface area contributed by atoms with E-state index in [1.54, 1.807) is 6.33 Å². The maximum absolute atomic E-state index is 4.32. The van der Waals surface area contributed by atoms with Crippen LogP contribution in [-0.4, -0.2) is 38.6 Å². The highest BCUT2D eigenvalue weighted by Gasteiger charge is 2.06. The number of alkyl halides is 1. The molecule has 0 bridgehead atoms. The van der Waals surface area contributed by atoms with Gasteiger partial charge in [0.05, 0.1) is 6.54 Å². The summed E-state index contributed by atoms with van der Waals surface area (Å²) in [4.78, 5) is 6.65. The molecule has 0 aliphatic carbocycles. The molecule has 4 nitrogen and oxygen atoms in total. The summed E-state index contributed by atoms with van der Waals surface area (Å²) in [7, 11) is 2.15. The van der Waals surface area contributed by atoms with Crippen LogP contribution in [0.5, 0.6) is 0 Å². The minimum Gasteiger partial charge on any atom is -0.299 e. The Morgan fingerprint density at radius 1 is 1.35 bits per heavy atom. The van der Waals surface area contributed by atoms with Crippen molar-refractivity contribution >= 4 is 15.9 Å². The zero-order valence-electron chi connectivity index (χ0n) is 10.9. The molecule has 5 heteroatoms. The molecule has 0 N–H and O–H groups in total. The van der Waals surface area contributed by atoms with E-state index in [0.29, 0.717) is 0 Å². The van der Waals surface area contributed by atoms with E-state index in [0.717, 1.165) is 37.2 Å². The topological polar surface area (TPSA) is 34.0 Å². The standard InChI is InChI=1S/C12H23BrN4/c1-3-8-17-12(14-11-15-17)10-16(2)9-6-4-5-7-13/h11H,3-10H2,1-2H3. The molecule has 0 amide bonds. The van der Waals surface area contributed by atoms with Crippen LogP contribution in [0.25, 0.3) is 0 Å². The van der Waals surface area contributed by atoms with Crippen molar-refractivity contribution in [2.24, 2.45) is 0 Å². The predicted molar refractivity (Wildman–Crippen MR) is 74.3 cm³/mol. The van der Waals surface area contributed by atoms with Crippen LogP contribution in [0.2, 0.25) is 0 Å². The van der Waals surface area contributed by atoms with Gasteiger partial charge in [0.2, 0.25) is 0 Å². The van der Waals surface area contributed by atoms with Crippen molar-refractivity contribution in [3.63, 3.8) is 0 Å². The van der Waals surface area contributed by atoms with Crippen molar-refractivity contribution in [3.8, 4) is 0 Å². The minimum absolute atomic E-state index is 0.897. The van der Waals surface area contributed by atoms with Crippen LogP contribution in [0.15, 0.2) is 6.33 Å². The van der Waals surface area contributed by atoms with Crippen LogP contribution >= 0.6 is 15.9 Å². The summed E-state index contributed by atoms with van der Waals surface area (Å²) in [5.74, 6) is 1.08. The van der Waals surface area contributed by atoms with Crippen molar-refractivity contribution in [1.82, 2.24) is 19.7 Å². The van der Waals surface area contributed by atoms with E-state index in [2.05, 4.69) is 44.9 Å². The molecule has 1 heterocycles. The second-order valence-electron chi connectivity index (χ2n) is 4.39. The summed E-state index contributed by atoms with van der Waals surface area (Å²) >= 11 is 3.46. The van der Waals surface area contributed by atoms with Gasteiger partial charge in [0.25, 0.3) is 0 Å². The van der Waals surface area contributed by atoms with E-state index in [1.807, 2.05) is 4.68 Å². The molecule has 0 radical (unpaired) electrons. The summed E-state index contributed by atoms with van der Waals surface area (Å²) in [5, 5.41) is 5.35. The Hall–Kier alpha value is -0.420. The van der Waals surface area contributed by atoms with Gasteiger partial charge in [-0.25, -0.2) is 9.67 Å². The summed E-state index contributed by atoms with van der Waals surface area (Å²) in [6.45, 7) is 5.16. The fourth-order valence-corrected chi connectivity index (χ4v) is 2.18. The van der Waals surface area contributed by atoms with Gasteiger partial charge in [-0.2, -0.15) is 5.10 Å². The van der Waals surface area contributed by atoms with Gasteiger partial charge in [-0.05, 0) is 32.9 Å². The Kier molecular flexibility index (Phi) is 7.44. The first-order valence-corrected chi connectivity index (χ1v) is 7.51. The third kappa shape index (κ3) is 5.64. The molecule has 0 saturated carbocycles. The van der Waals surface area contributed by atoms with E-state index in [4.69, 9.17) is 0 Å². The number of aryl methyl sites for hydroxylation is 1. The molecule has 1 aromatic heterocycles. The smallest absolute Gasteiger partial charge is 0.140 e. The monoisotopic (exact) mass is 302 g/mol. The minimum atomic E-state index is 0.897. The molecule has 0 spiro atoms. The van der Waals surface area contributed by atoms with Crippen molar-refractivity contribution in [3.05, 3.63) is 12.2 Å². The molecular weight excluding hydrogens is 280 g/mol. The Bertz CT molecular complexity index is 300. The number of unbranched alkanes of at least 4 members (excludes halogenated alkanes) is 2. The molecule has 0 fully saturated rings. The Morgan fingerprint density at radius 3 is 2.88 bits per heavy atom. The SMILES string of the molecule is CCCn1ncnc1CN(C)CCCCCBr. The normalized spacial score (nSPS) is 11.3. The maximum Gasteiger partial charge on any atom is 0.140 e. The maximum atomic E-state index is 4.32. The van der Waals surface area contributed by atoms with Crippen LogP contribution in [-0.2, 0) is 13.1 Å². The molecule has 1 rings (SSSR count). The molecule has 0 atom stereocenters. The van der Waals surface area contributed by atoms with Gasteiger partial charge in [0, 0.05) is 11.9 Å². The van der Waals surface area contributed by atoms with Crippen LogP contribution in [0.4, 0.5) is 0 Å². The lowest BCUT2D eigenvalue weighted by atomic mass is 10.2. The quantitative estimate of drug-likeness (QED) is 0.519. The lowest BCUT2D eigenvalue weighted by molar-refractivity contribution is 0.302. The van der Waals surface area contributed by atoms with E-state index < -0.39 is 0 Å². The Balaban J connectivity index is 2.29. The van der Waals surface area contributed by atoms with Crippen molar-refractivity contribution < 1.29 is 0 Å². The largest absolute Gasteiger partial charge is 0.299 e. The first-order chi connectivity index (χ1) is 8.27. The van der Waals surface area contributed by atoms with Crippen LogP contribution in [0.3, 0.4) is 0 Å². The van der Waals surface area contributed by atoms with Crippen molar-refractivity contribution in [2.75, 3.05) is 18.9 Å². The van der Waals surface area contributed by atoms with Gasteiger partial charge < -0.3 is 0 Å². The average Bonchev–Trinajstić information content (AvgIpc) is 2.73. The first kappa shape index (κ1) is 14.6. The third-order valence-electron chi connectivity index (χ3n) is 2.72. The lowest BCUT2D eigenvalue weighted by Gasteiger charge is -2.16. The number of halogens is 1.